The number of benzene rings is 1. The SMILES string of the molecule is N#C[C@H](Cc1ccc(-c2ccc3c(c2)NC(=O)C3)s1)NC(=O)C1NC2CCC1C2. The van der Waals surface area contributed by atoms with E-state index in [4.69, 9.17) is 0 Å². The lowest BCUT2D eigenvalue weighted by atomic mass is 9.99. The Kier molecular flexibility index (Phi) is 4.61. The maximum Gasteiger partial charge on any atom is 0.238 e. The average molecular weight is 407 g/mol. The minimum atomic E-state index is -0.533. The van der Waals surface area contributed by atoms with Crippen molar-refractivity contribution in [3.63, 3.8) is 0 Å². The number of rotatable bonds is 5. The van der Waals surface area contributed by atoms with Crippen LogP contribution in [0.1, 0.15) is 29.7 Å². The van der Waals surface area contributed by atoms with E-state index in [9.17, 15) is 14.9 Å². The van der Waals surface area contributed by atoms with Gasteiger partial charge in [-0.15, -0.1) is 11.3 Å². The van der Waals surface area contributed by atoms with Gasteiger partial charge < -0.3 is 16.0 Å². The van der Waals surface area contributed by atoms with Crippen molar-refractivity contribution in [3.05, 3.63) is 40.8 Å². The zero-order valence-electron chi connectivity index (χ0n) is 15.9. The second-order valence-electron chi connectivity index (χ2n) is 8.17. The highest BCUT2D eigenvalue weighted by Gasteiger charge is 2.43. The molecule has 148 valence electrons. The molecule has 2 fully saturated rings. The number of thiophene rings is 1. The molecule has 5 rings (SSSR count). The minimum absolute atomic E-state index is 0.0293. The molecule has 3 aliphatic rings. The van der Waals surface area contributed by atoms with Crippen LogP contribution in [0.4, 0.5) is 5.69 Å². The third kappa shape index (κ3) is 3.54. The van der Waals surface area contributed by atoms with Crippen molar-refractivity contribution in [1.82, 2.24) is 10.6 Å². The molecule has 1 aliphatic carbocycles. The van der Waals surface area contributed by atoms with Gasteiger partial charge in [-0.2, -0.15) is 5.26 Å². The fourth-order valence-electron chi connectivity index (χ4n) is 4.75. The summed E-state index contributed by atoms with van der Waals surface area (Å²) < 4.78 is 0. The second-order valence-corrected chi connectivity index (χ2v) is 9.34. The molecule has 1 saturated heterocycles. The van der Waals surface area contributed by atoms with Crippen LogP contribution in [0.15, 0.2) is 30.3 Å². The summed E-state index contributed by atoms with van der Waals surface area (Å²) in [5.41, 5.74) is 2.95. The van der Waals surface area contributed by atoms with Crippen molar-refractivity contribution >= 4 is 28.8 Å². The summed E-state index contributed by atoms with van der Waals surface area (Å²) in [5, 5.41) is 18.7. The van der Waals surface area contributed by atoms with E-state index in [1.165, 1.54) is 0 Å². The summed E-state index contributed by atoms with van der Waals surface area (Å²) in [5.74, 6) is 0.393. The maximum absolute atomic E-state index is 12.6. The van der Waals surface area contributed by atoms with Crippen LogP contribution in [0.25, 0.3) is 10.4 Å². The first-order valence-electron chi connectivity index (χ1n) is 10.1. The number of fused-ring (bicyclic) bond motifs is 3. The van der Waals surface area contributed by atoms with Crippen LogP contribution >= 0.6 is 11.3 Å². The molecular formula is C22H22N4O2S. The summed E-state index contributed by atoms with van der Waals surface area (Å²) in [6, 6.07) is 12.1. The molecule has 3 heterocycles. The number of nitriles is 1. The number of carbonyl (C=O) groups is 2. The zero-order chi connectivity index (χ0) is 20.0. The Labute approximate surface area is 173 Å². The standard InChI is InChI=1S/C22H22N4O2S/c23-11-16(25-22(28)21-14-3-4-15(7-14)24-21)10-17-5-6-19(29-17)13-2-1-12-9-20(27)26-18(12)8-13/h1-2,5-6,8,14-16,21,24H,3-4,7,9-10H2,(H,25,28)(H,26,27)/t14?,15?,16-,21?/m0/s1. The fraction of sp³-hybridized carbons (Fsp3) is 0.409. The van der Waals surface area contributed by atoms with Gasteiger partial charge in [-0.05, 0) is 54.5 Å². The highest BCUT2D eigenvalue weighted by atomic mass is 32.1. The Morgan fingerprint density at radius 3 is 2.97 bits per heavy atom. The van der Waals surface area contributed by atoms with Crippen LogP contribution in [-0.2, 0) is 22.4 Å². The number of hydrogen-bond acceptors (Lipinski definition) is 5. The lowest BCUT2D eigenvalue weighted by Gasteiger charge is -2.23. The van der Waals surface area contributed by atoms with Crippen molar-refractivity contribution in [2.45, 2.75) is 50.2 Å². The number of piperidine rings is 1. The topological polar surface area (TPSA) is 94.0 Å². The number of anilines is 1. The van der Waals surface area contributed by atoms with Gasteiger partial charge >= 0.3 is 0 Å². The molecule has 1 aromatic heterocycles. The lowest BCUT2D eigenvalue weighted by molar-refractivity contribution is -0.124. The average Bonchev–Trinajstić information content (AvgIpc) is 3.49. The number of amides is 2. The van der Waals surface area contributed by atoms with Crippen LogP contribution in [-0.4, -0.2) is 29.9 Å². The summed E-state index contributed by atoms with van der Waals surface area (Å²) in [6.45, 7) is 0. The van der Waals surface area contributed by atoms with E-state index in [2.05, 4.69) is 22.0 Å². The quantitative estimate of drug-likeness (QED) is 0.711. The smallest absolute Gasteiger partial charge is 0.238 e. The molecule has 0 spiro atoms. The number of nitrogens with one attached hydrogen (secondary N) is 3. The lowest BCUT2D eigenvalue weighted by Crippen LogP contribution is -2.50. The predicted octanol–water partition coefficient (Wildman–Crippen LogP) is 2.60. The zero-order valence-corrected chi connectivity index (χ0v) is 16.7. The monoisotopic (exact) mass is 406 g/mol. The Balaban J connectivity index is 1.24. The number of nitrogens with zero attached hydrogens (tertiary/aromatic N) is 1. The van der Waals surface area contributed by atoms with E-state index in [0.29, 0.717) is 24.8 Å². The van der Waals surface area contributed by atoms with Gasteiger partial charge in [0.25, 0.3) is 0 Å². The molecule has 2 aromatic rings. The number of hydrogen-bond donors (Lipinski definition) is 3. The van der Waals surface area contributed by atoms with Gasteiger partial charge in [-0.25, -0.2) is 0 Å². The Bertz CT molecular complexity index is 1020. The Morgan fingerprint density at radius 1 is 1.31 bits per heavy atom. The molecule has 3 N–H and O–H groups in total. The maximum atomic E-state index is 12.6. The van der Waals surface area contributed by atoms with Gasteiger partial charge in [-0.1, -0.05) is 12.1 Å². The van der Waals surface area contributed by atoms with Gasteiger partial charge in [-0.3, -0.25) is 9.59 Å². The van der Waals surface area contributed by atoms with Crippen LogP contribution < -0.4 is 16.0 Å². The first-order valence-corrected chi connectivity index (χ1v) is 10.9. The highest BCUT2D eigenvalue weighted by Crippen LogP contribution is 2.36. The first-order chi connectivity index (χ1) is 14.1. The molecule has 6 nitrogen and oxygen atoms in total. The predicted molar refractivity (Wildman–Crippen MR) is 111 cm³/mol. The summed E-state index contributed by atoms with van der Waals surface area (Å²) >= 11 is 1.62. The van der Waals surface area contributed by atoms with Gasteiger partial charge in [0, 0.05) is 27.9 Å². The van der Waals surface area contributed by atoms with Crippen molar-refractivity contribution < 1.29 is 9.59 Å². The van der Waals surface area contributed by atoms with Crippen LogP contribution in [0.3, 0.4) is 0 Å². The molecular weight excluding hydrogens is 384 g/mol. The molecule has 7 heteroatoms. The van der Waals surface area contributed by atoms with E-state index in [1.54, 1.807) is 11.3 Å². The van der Waals surface area contributed by atoms with Crippen LogP contribution in [0.5, 0.6) is 0 Å². The van der Waals surface area contributed by atoms with E-state index in [0.717, 1.165) is 45.8 Å². The van der Waals surface area contributed by atoms with Crippen molar-refractivity contribution in [2.24, 2.45) is 5.92 Å². The molecule has 2 bridgehead atoms. The van der Waals surface area contributed by atoms with Crippen molar-refractivity contribution in [2.75, 3.05) is 5.32 Å². The normalized spacial score (nSPS) is 25.3. The third-order valence-electron chi connectivity index (χ3n) is 6.20. The second kappa shape index (κ2) is 7.29. The van der Waals surface area contributed by atoms with Crippen molar-refractivity contribution in [3.8, 4) is 16.5 Å². The van der Waals surface area contributed by atoms with Crippen molar-refractivity contribution in [1.29, 1.82) is 5.26 Å². The van der Waals surface area contributed by atoms with E-state index in [-0.39, 0.29) is 17.9 Å². The van der Waals surface area contributed by atoms with Gasteiger partial charge in [0.2, 0.25) is 11.8 Å². The van der Waals surface area contributed by atoms with Gasteiger partial charge in [0.05, 0.1) is 18.5 Å². The molecule has 3 unspecified atom stereocenters. The van der Waals surface area contributed by atoms with E-state index >= 15 is 0 Å². The summed E-state index contributed by atoms with van der Waals surface area (Å²) in [6.07, 6.45) is 4.26. The van der Waals surface area contributed by atoms with Gasteiger partial charge in [0.1, 0.15) is 6.04 Å². The fourth-order valence-corrected chi connectivity index (χ4v) is 5.80. The number of carbonyl (C=O) groups excluding carboxylic acids is 2. The molecule has 29 heavy (non-hydrogen) atoms. The molecule has 0 radical (unpaired) electrons. The van der Waals surface area contributed by atoms with E-state index in [1.807, 2.05) is 30.3 Å². The summed E-state index contributed by atoms with van der Waals surface area (Å²) in [4.78, 5) is 26.3. The largest absolute Gasteiger partial charge is 0.339 e. The highest BCUT2D eigenvalue weighted by molar-refractivity contribution is 7.15. The third-order valence-corrected chi connectivity index (χ3v) is 7.36. The molecule has 2 amide bonds. The first kappa shape index (κ1) is 18.3. The van der Waals surface area contributed by atoms with E-state index < -0.39 is 6.04 Å². The molecule has 1 saturated carbocycles. The minimum Gasteiger partial charge on any atom is -0.339 e. The molecule has 4 atom stereocenters. The van der Waals surface area contributed by atoms with Gasteiger partial charge in [0.15, 0.2) is 0 Å². The molecule has 1 aromatic carbocycles. The van der Waals surface area contributed by atoms with Crippen LogP contribution in [0, 0.1) is 17.2 Å². The van der Waals surface area contributed by atoms with Crippen LogP contribution in [0.2, 0.25) is 0 Å². The Hall–Kier alpha value is -2.69. The summed E-state index contributed by atoms with van der Waals surface area (Å²) in [7, 11) is 0. The molecule has 2 aliphatic heterocycles. The Morgan fingerprint density at radius 2 is 2.21 bits per heavy atom.